The Morgan fingerprint density at radius 2 is 2.20 bits per heavy atom. The highest BCUT2D eigenvalue weighted by atomic mass is 32.1. The van der Waals surface area contributed by atoms with Crippen molar-refractivity contribution in [2.45, 2.75) is 45.5 Å². The first-order chi connectivity index (χ1) is 9.38. The second-order valence-corrected chi connectivity index (χ2v) is 6.46. The van der Waals surface area contributed by atoms with Gasteiger partial charge < -0.3 is 10.1 Å². The lowest BCUT2D eigenvalue weighted by Crippen LogP contribution is -2.20. The van der Waals surface area contributed by atoms with Gasteiger partial charge in [0.1, 0.15) is 11.1 Å². The third-order valence-electron chi connectivity index (χ3n) is 3.03. The molecule has 0 bridgehead atoms. The number of hydrogen-bond acceptors (Lipinski definition) is 4. The molecule has 1 atom stereocenters. The predicted molar refractivity (Wildman–Crippen MR) is 71.6 cm³/mol. The Hall–Kier alpha value is -0.660. The van der Waals surface area contributed by atoms with E-state index >= 15 is 0 Å². The molecule has 1 saturated heterocycles. The van der Waals surface area contributed by atoms with Crippen molar-refractivity contribution in [3.63, 3.8) is 0 Å². The van der Waals surface area contributed by atoms with Crippen molar-refractivity contribution in [3.05, 3.63) is 15.6 Å². The fourth-order valence-corrected chi connectivity index (χ4v) is 3.23. The summed E-state index contributed by atoms with van der Waals surface area (Å²) in [6.45, 7) is 5.53. The normalized spacial score (nSPS) is 20.0. The van der Waals surface area contributed by atoms with E-state index in [9.17, 15) is 13.2 Å². The summed E-state index contributed by atoms with van der Waals surface area (Å²) < 4.78 is 44.5. The van der Waals surface area contributed by atoms with Crippen LogP contribution in [0.3, 0.4) is 0 Å². The molecule has 0 amide bonds. The number of thiazole rings is 1. The van der Waals surface area contributed by atoms with Crippen molar-refractivity contribution in [2.24, 2.45) is 5.92 Å². The number of ether oxygens (including phenoxy) is 1. The Balaban J connectivity index is 2.14. The second kappa shape index (κ2) is 6.41. The summed E-state index contributed by atoms with van der Waals surface area (Å²) in [5.74, 6) is 0.398. The summed E-state index contributed by atoms with van der Waals surface area (Å²) in [5.41, 5.74) is -0.760. The van der Waals surface area contributed by atoms with Gasteiger partial charge in [-0.25, -0.2) is 4.98 Å². The third-order valence-corrected chi connectivity index (χ3v) is 4.17. The fraction of sp³-hybridized carbons (Fsp3) is 0.769. The zero-order chi connectivity index (χ0) is 14.8. The van der Waals surface area contributed by atoms with Crippen LogP contribution in [-0.2, 0) is 17.5 Å². The van der Waals surface area contributed by atoms with Crippen LogP contribution < -0.4 is 5.32 Å². The number of nitrogens with one attached hydrogen (secondary N) is 1. The van der Waals surface area contributed by atoms with Crippen LogP contribution in [-0.4, -0.2) is 18.1 Å². The molecule has 2 heterocycles. The summed E-state index contributed by atoms with van der Waals surface area (Å²) >= 11 is 1.12. The fourth-order valence-electron chi connectivity index (χ4n) is 2.10. The molecule has 1 aromatic rings. The Labute approximate surface area is 120 Å². The van der Waals surface area contributed by atoms with Gasteiger partial charge in [-0.1, -0.05) is 13.8 Å². The highest BCUT2D eigenvalue weighted by Crippen LogP contribution is 2.39. The maximum atomic E-state index is 13.0. The van der Waals surface area contributed by atoms with E-state index in [0.29, 0.717) is 24.1 Å². The minimum Gasteiger partial charge on any atom is -0.371 e. The number of rotatable bonds is 5. The minimum absolute atomic E-state index is 0.206. The minimum atomic E-state index is -4.40. The van der Waals surface area contributed by atoms with Crippen LogP contribution >= 0.6 is 11.3 Å². The summed E-state index contributed by atoms with van der Waals surface area (Å²) in [4.78, 5) is 4.04. The second-order valence-electron chi connectivity index (χ2n) is 5.35. The molecule has 2 rings (SSSR count). The average molecular weight is 308 g/mol. The molecule has 114 valence electrons. The van der Waals surface area contributed by atoms with Gasteiger partial charge in [-0.05, 0) is 25.3 Å². The van der Waals surface area contributed by atoms with Crippen molar-refractivity contribution < 1.29 is 17.9 Å². The van der Waals surface area contributed by atoms with Gasteiger partial charge in [0.05, 0.1) is 4.88 Å². The standard InChI is InChI=1S/C13H19F3N2OS/c1-8(2)6-17-7-10-11(13(14,15)16)18-12(20-10)9-4-3-5-19-9/h8-9,17H,3-7H2,1-2H3. The van der Waals surface area contributed by atoms with Crippen LogP contribution in [0.15, 0.2) is 0 Å². The van der Waals surface area contributed by atoms with Crippen molar-refractivity contribution >= 4 is 11.3 Å². The largest absolute Gasteiger partial charge is 0.434 e. The molecule has 1 aliphatic rings. The van der Waals surface area contributed by atoms with Crippen LogP contribution in [0.4, 0.5) is 13.2 Å². The first-order valence-electron chi connectivity index (χ1n) is 6.77. The zero-order valence-corrected chi connectivity index (χ0v) is 12.4. The van der Waals surface area contributed by atoms with E-state index in [2.05, 4.69) is 10.3 Å². The Kier molecular flexibility index (Phi) is 5.04. The SMILES string of the molecule is CC(C)CNCc1sc(C2CCCO2)nc1C(F)(F)F. The summed E-state index contributed by atoms with van der Waals surface area (Å²) in [5, 5.41) is 3.50. The molecule has 0 radical (unpaired) electrons. The van der Waals surface area contributed by atoms with Crippen molar-refractivity contribution in [2.75, 3.05) is 13.2 Å². The molecular formula is C13H19F3N2OS. The first kappa shape index (κ1) is 15.7. The molecule has 1 N–H and O–H groups in total. The van der Waals surface area contributed by atoms with E-state index in [-0.39, 0.29) is 17.5 Å². The highest BCUT2D eigenvalue weighted by Gasteiger charge is 2.38. The number of aromatic nitrogens is 1. The lowest BCUT2D eigenvalue weighted by Gasteiger charge is -2.08. The topological polar surface area (TPSA) is 34.1 Å². The predicted octanol–water partition coefficient (Wildman–Crippen LogP) is 3.76. The lowest BCUT2D eigenvalue weighted by atomic mass is 10.2. The smallest absolute Gasteiger partial charge is 0.371 e. The first-order valence-corrected chi connectivity index (χ1v) is 7.58. The molecule has 1 unspecified atom stereocenters. The van der Waals surface area contributed by atoms with Crippen LogP contribution in [0, 0.1) is 5.92 Å². The molecule has 0 aromatic carbocycles. The maximum absolute atomic E-state index is 13.0. The van der Waals surface area contributed by atoms with Gasteiger partial charge in [-0.3, -0.25) is 0 Å². The Bertz CT molecular complexity index is 439. The van der Waals surface area contributed by atoms with Gasteiger partial charge in [0.15, 0.2) is 5.69 Å². The van der Waals surface area contributed by atoms with Crippen molar-refractivity contribution in [1.82, 2.24) is 10.3 Å². The molecule has 7 heteroatoms. The summed E-state index contributed by atoms with van der Waals surface area (Å²) in [7, 11) is 0. The van der Waals surface area contributed by atoms with E-state index in [1.807, 2.05) is 13.8 Å². The lowest BCUT2D eigenvalue weighted by molar-refractivity contribution is -0.141. The summed E-state index contributed by atoms with van der Waals surface area (Å²) in [6, 6.07) is 0. The van der Waals surface area contributed by atoms with Crippen molar-refractivity contribution in [3.8, 4) is 0 Å². The quantitative estimate of drug-likeness (QED) is 0.899. The van der Waals surface area contributed by atoms with Gasteiger partial charge in [-0.15, -0.1) is 11.3 Å². The van der Waals surface area contributed by atoms with Gasteiger partial charge in [0, 0.05) is 13.2 Å². The Morgan fingerprint density at radius 3 is 2.75 bits per heavy atom. The van der Waals surface area contributed by atoms with Gasteiger partial charge >= 0.3 is 6.18 Å². The molecule has 20 heavy (non-hydrogen) atoms. The molecule has 1 aliphatic heterocycles. The molecule has 0 aliphatic carbocycles. The van der Waals surface area contributed by atoms with Gasteiger partial charge in [-0.2, -0.15) is 13.2 Å². The third kappa shape index (κ3) is 3.93. The Morgan fingerprint density at radius 1 is 1.45 bits per heavy atom. The van der Waals surface area contributed by atoms with E-state index < -0.39 is 11.9 Å². The number of halogens is 3. The molecule has 3 nitrogen and oxygen atoms in total. The molecule has 1 fully saturated rings. The number of hydrogen-bond donors (Lipinski definition) is 1. The number of alkyl halides is 3. The number of nitrogens with zero attached hydrogens (tertiary/aromatic N) is 1. The molecule has 0 saturated carbocycles. The van der Waals surface area contributed by atoms with Crippen LogP contribution in [0.1, 0.15) is 48.4 Å². The van der Waals surface area contributed by atoms with Gasteiger partial charge in [0.2, 0.25) is 0 Å². The van der Waals surface area contributed by atoms with E-state index in [1.54, 1.807) is 0 Å². The van der Waals surface area contributed by atoms with Crippen LogP contribution in [0.25, 0.3) is 0 Å². The zero-order valence-electron chi connectivity index (χ0n) is 11.6. The summed E-state index contributed by atoms with van der Waals surface area (Å²) in [6.07, 6.45) is -3.03. The monoisotopic (exact) mass is 308 g/mol. The van der Waals surface area contributed by atoms with Crippen LogP contribution in [0.2, 0.25) is 0 Å². The van der Waals surface area contributed by atoms with Crippen LogP contribution in [0.5, 0.6) is 0 Å². The average Bonchev–Trinajstić information content (AvgIpc) is 2.94. The molecule has 1 aromatic heterocycles. The van der Waals surface area contributed by atoms with E-state index in [4.69, 9.17) is 4.74 Å². The van der Waals surface area contributed by atoms with E-state index in [1.165, 1.54) is 0 Å². The maximum Gasteiger partial charge on any atom is 0.434 e. The molecule has 0 spiro atoms. The molecular weight excluding hydrogens is 289 g/mol. The highest BCUT2D eigenvalue weighted by molar-refractivity contribution is 7.11. The van der Waals surface area contributed by atoms with Crippen molar-refractivity contribution in [1.29, 1.82) is 0 Å². The van der Waals surface area contributed by atoms with Gasteiger partial charge in [0.25, 0.3) is 0 Å². The van der Waals surface area contributed by atoms with E-state index in [0.717, 1.165) is 24.2 Å².